The van der Waals surface area contributed by atoms with Gasteiger partial charge in [0.15, 0.2) is 9.84 Å². The van der Waals surface area contributed by atoms with E-state index in [1.165, 1.54) is 24.3 Å². The number of aromatic carboxylic acids is 1. The van der Waals surface area contributed by atoms with Gasteiger partial charge in [0, 0.05) is 6.54 Å². The van der Waals surface area contributed by atoms with Crippen LogP contribution in [0.3, 0.4) is 0 Å². The van der Waals surface area contributed by atoms with E-state index >= 15 is 0 Å². The second-order valence-corrected chi connectivity index (χ2v) is 6.92. The summed E-state index contributed by atoms with van der Waals surface area (Å²) in [6.07, 6.45) is 2.10. The fraction of sp³-hybridized carbons (Fsp3) is 0.500. The molecule has 0 aromatic heterocycles. The summed E-state index contributed by atoms with van der Waals surface area (Å²) in [4.78, 5) is 12.9. The van der Waals surface area contributed by atoms with Gasteiger partial charge in [-0.25, -0.2) is 13.2 Å². The summed E-state index contributed by atoms with van der Waals surface area (Å²) in [5.74, 6) is -1.13. The number of unbranched alkanes of at least 4 members (excludes halogenated alkanes) is 1. The molecule has 1 N–H and O–H groups in total. The molecule has 0 saturated carbocycles. The average Bonchev–Trinajstić information content (AvgIpc) is 2.43. The maximum atomic E-state index is 12.2. The highest BCUT2D eigenvalue weighted by molar-refractivity contribution is 7.91. The zero-order valence-corrected chi connectivity index (χ0v) is 12.7. The van der Waals surface area contributed by atoms with Crippen LogP contribution in [0.15, 0.2) is 29.2 Å². The van der Waals surface area contributed by atoms with E-state index in [1.54, 1.807) is 0 Å². The van der Waals surface area contributed by atoms with Gasteiger partial charge in [-0.3, -0.25) is 0 Å². The first-order valence-corrected chi connectivity index (χ1v) is 8.26. The van der Waals surface area contributed by atoms with Crippen molar-refractivity contribution in [2.45, 2.75) is 24.7 Å². The number of hydrogen-bond donors (Lipinski definition) is 1. The summed E-state index contributed by atoms with van der Waals surface area (Å²) in [5.41, 5.74) is -0.00888. The van der Waals surface area contributed by atoms with Crippen molar-refractivity contribution in [2.75, 3.05) is 25.9 Å². The normalized spacial score (nSPS) is 11.8. The molecule has 0 bridgehead atoms. The van der Waals surface area contributed by atoms with E-state index in [0.717, 1.165) is 19.4 Å². The molecule has 1 rings (SSSR count). The minimum Gasteiger partial charge on any atom is -0.478 e. The predicted molar refractivity (Wildman–Crippen MR) is 77.9 cm³/mol. The molecule has 0 aliphatic rings. The maximum Gasteiger partial charge on any atom is 0.335 e. The molecule has 20 heavy (non-hydrogen) atoms. The van der Waals surface area contributed by atoms with Gasteiger partial charge in [0.1, 0.15) is 0 Å². The number of carbonyl (C=O) groups is 1. The van der Waals surface area contributed by atoms with Gasteiger partial charge in [-0.2, -0.15) is 0 Å². The molecule has 1 aromatic carbocycles. The predicted octanol–water partition coefficient (Wildman–Crippen LogP) is 1.89. The largest absolute Gasteiger partial charge is 0.478 e. The van der Waals surface area contributed by atoms with Gasteiger partial charge in [-0.1, -0.05) is 19.4 Å². The molecule has 0 heterocycles. The third-order valence-electron chi connectivity index (χ3n) is 3.08. The minimum atomic E-state index is -3.44. The molecular formula is C14H21NO4S. The molecule has 5 nitrogen and oxygen atoms in total. The number of carboxylic acids is 1. The molecule has 0 radical (unpaired) electrons. The highest BCUT2D eigenvalue weighted by atomic mass is 32.2. The Morgan fingerprint density at radius 3 is 2.60 bits per heavy atom. The second kappa shape index (κ2) is 7.40. The Morgan fingerprint density at radius 2 is 2.00 bits per heavy atom. The second-order valence-electron chi connectivity index (χ2n) is 4.81. The third-order valence-corrected chi connectivity index (χ3v) is 4.77. The molecule has 0 atom stereocenters. The Morgan fingerprint density at radius 1 is 1.30 bits per heavy atom. The first-order chi connectivity index (χ1) is 9.36. The lowest BCUT2D eigenvalue weighted by Crippen LogP contribution is -2.26. The molecule has 0 amide bonds. The van der Waals surface area contributed by atoms with Gasteiger partial charge in [0.25, 0.3) is 0 Å². The van der Waals surface area contributed by atoms with E-state index in [4.69, 9.17) is 5.11 Å². The van der Waals surface area contributed by atoms with E-state index in [1.807, 2.05) is 11.9 Å². The summed E-state index contributed by atoms with van der Waals surface area (Å²) < 4.78 is 24.3. The zero-order chi connectivity index (χ0) is 15.2. The Balaban J connectivity index is 2.74. The van der Waals surface area contributed by atoms with E-state index in [9.17, 15) is 13.2 Å². The van der Waals surface area contributed by atoms with Gasteiger partial charge in [0.2, 0.25) is 0 Å². The number of sulfone groups is 1. The van der Waals surface area contributed by atoms with Gasteiger partial charge < -0.3 is 10.0 Å². The Kier molecular flexibility index (Phi) is 6.16. The fourth-order valence-corrected chi connectivity index (χ4v) is 3.14. The lowest BCUT2D eigenvalue weighted by atomic mass is 10.2. The molecule has 112 valence electrons. The monoisotopic (exact) mass is 299 g/mol. The van der Waals surface area contributed by atoms with Crippen molar-refractivity contribution in [2.24, 2.45) is 0 Å². The van der Waals surface area contributed by atoms with Crippen molar-refractivity contribution in [1.82, 2.24) is 4.90 Å². The topological polar surface area (TPSA) is 74.7 Å². The maximum absolute atomic E-state index is 12.2. The van der Waals surface area contributed by atoms with E-state index in [0.29, 0.717) is 6.54 Å². The Hall–Kier alpha value is -1.40. The number of rotatable bonds is 8. The summed E-state index contributed by atoms with van der Waals surface area (Å²) in [7, 11) is -1.55. The molecule has 6 heteroatoms. The van der Waals surface area contributed by atoms with Gasteiger partial charge in [-0.15, -0.1) is 0 Å². The van der Waals surface area contributed by atoms with Crippen LogP contribution >= 0.6 is 0 Å². The lowest BCUT2D eigenvalue weighted by molar-refractivity contribution is 0.0696. The smallest absolute Gasteiger partial charge is 0.335 e. The van der Waals surface area contributed by atoms with Gasteiger partial charge in [0.05, 0.1) is 16.2 Å². The number of carboxylic acid groups (broad SMARTS) is 1. The molecule has 0 fully saturated rings. The molecule has 0 unspecified atom stereocenters. The van der Waals surface area contributed by atoms with Crippen molar-refractivity contribution >= 4 is 15.8 Å². The van der Waals surface area contributed by atoms with Crippen molar-refractivity contribution < 1.29 is 18.3 Å². The average molecular weight is 299 g/mol. The third kappa shape index (κ3) is 4.94. The van der Waals surface area contributed by atoms with E-state index in [-0.39, 0.29) is 16.2 Å². The van der Waals surface area contributed by atoms with Crippen LogP contribution < -0.4 is 0 Å². The standard InChI is InChI=1S/C14H21NO4S/c1-3-4-8-15(2)9-10-20(18,19)13-7-5-6-12(11-13)14(16)17/h5-7,11H,3-4,8-10H2,1-2H3,(H,16,17). The van der Waals surface area contributed by atoms with Crippen molar-refractivity contribution in [3.63, 3.8) is 0 Å². The molecule has 0 aliphatic carbocycles. The molecule has 0 aliphatic heterocycles. The van der Waals surface area contributed by atoms with Crippen molar-refractivity contribution in [3.05, 3.63) is 29.8 Å². The van der Waals surface area contributed by atoms with Gasteiger partial charge >= 0.3 is 5.97 Å². The first kappa shape index (κ1) is 16.7. The van der Waals surface area contributed by atoms with E-state index in [2.05, 4.69) is 6.92 Å². The lowest BCUT2D eigenvalue weighted by Gasteiger charge is -2.16. The fourth-order valence-electron chi connectivity index (χ4n) is 1.76. The zero-order valence-electron chi connectivity index (χ0n) is 11.9. The minimum absolute atomic E-state index is 0.00368. The van der Waals surface area contributed by atoms with Crippen LogP contribution in [-0.2, 0) is 9.84 Å². The summed E-state index contributed by atoms with van der Waals surface area (Å²) in [5, 5.41) is 8.89. The van der Waals surface area contributed by atoms with Crippen molar-refractivity contribution in [1.29, 1.82) is 0 Å². The summed E-state index contributed by atoms with van der Waals surface area (Å²) >= 11 is 0. The highest BCUT2D eigenvalue weighted by Gasteiger charge is 2.17. The quantitative estimate of drug-likeness (QED) is 0.793. The van der Waals surface area contributed by atoms with E-state index < -0.39 is 15.8 Å². The van der Waals surface area contributed by atoms with Crippen LogP contribution in [0, 0.1) is 0 Å². The summed E-state index contributed by atoms with van der Waals surface area (Å²) in [6.45, 7) is 3.39. The molecular weight excluding hydrogens is 278 g/mol. The van der Waals surface area contributed by atoms with Crippen LogP contribution in [-0.4, -0.2) is 50.3 Å². The van der Waals surface area contributed by atoms with Gasteiger partial charge in [-0.05, 0) is 38.2 Å². The summed E-state index contributed by atoms with van der Waals surface area (Å²) in [6, 6.07) is 5.49. The highest BCUT2D eigenvalue weighted by Crippen LogP contribution is 2.13. The molecule has 0 spiro atoms. The number of nitrogens with zero attached hydrogens (tertiary/aromatic N) is 1. The number of benzene rings is 1. The van der Waals surface area contributed by atoms with Crippen LogP contribution in [0.25, 0.3) is 0 Å². The Labute approximate surface area is 120 Å². The van der Waals surface area contributed by atoms with Crippen LogP contribution in [0.2, 0.25) is 0 Å². The van der Waals surface area contributed by atoms with Crippen LogP contribution in [0.1, 0.15) is 30.1 Å². The van der Waals surface area contributed by atoms with Crippen LogP contribution in [0.5, 0.6) is 0 Å². The first-order valence-electron chi connectivity index (χ1n) is 6.61. The Bertz CT molecular complexity index is 554. The number of hydrogen-bond acceptors (Lipinski definition) is 4. The van der Waals surface area contributed by atoms with Crippen LogP contribution in [0.4, 0.5) is 0 Å². The molecule has 1 aromatic rings. The SMILES string of the molecule is CCCCN(C)CCS(=O)(=O)c1cccc(C(=O)O)c1. The van der Waals surface area contributed by atoms with Crippen molar-refractivity contribution in [3.8, 4) is 0 Å². The molecule has 0 saturated heterocycles.